The molecular weight excluding hydrogens is 349 g/mol. The van der Waals surface area contributed by atoms with Crippen molar-refractivity contribution in [3.8, 4) is 0 Å². The molecule has 0 unspecified atom stereocenters. The van der Waals surface area contributed by atoms with Gasteiger partial charge in [-0.05, 0) is 0 Å². The molecule has 1 nitrogen and oxygen atoms in total. The molecule has 1 aliphatic rings. The molecule has 1 aliphatic carbocycles. The summed E-state index contributed by atoms with van der Waals surface area (Å²) in [5.74, 6) is 0. The SMILES string of the molecule is Cl.Cl.[CH2]=[Ti]([CH3])([CH3])([CH3])([CH3])([C]1=CC=CC1)[c]1cc2ccccc2[nH]1. The van der Waals surface area contributed by atoms with E-state index in [1.54, 1.807) is 0 Å². The molecule has 0 bridgehead atoms. The van der Waals surface area contributed by atoms with E-state index in [1.807, 2.05) is 0 Å². The van der Waals surface area contributed by atoms with Crippen LogP contribution in [0.15, 0.2) is 52.4 Å². The summed E-state index contributed by atoms with van der Waals surface area (Å²) in [5.41, 5.74) is 1.20. The minimum absolute atomic E-state index is 0. The summed E-state index contributed by atoms with van der Waals surface area (Å²) in [5, 5.41) is 10.9. The molecule has 2 aromatic rings. The molecule has 22 heavy (non-hydrogen) atoms. The van der Waals surface area contributed by atoms with Crippen LogP contribution in [0, 0.1) is 0 Å². The van der Waals surface area contributed by atoms with Crippen molar-refractivity contribution < 1.29 is 12.3 Å². The van der Waals surface area contributed by atoms with Gasteiger partial charge in [0.1, 0.15) is 0 Å². The monoisotopic (exact) mass is 375 g/mol. The van der Waals surface area contributed by atoms with Crippen LogP contribution in [0.5, 0.6) is 0 Å². The van der Waals surface area contributed by atoms with Gasteiger partial charge in [-0.15, -0.1) is 24.8 Å². The molecule has 1 heterocycles. The summed E-state index contributed by atoms with van der Waals surface area (Å²) < 4.78 is 2.81. The first-order chi connectivity index (χ1) is 8.93. The first-order valence-corrected chi connectivity index (χ1v) is 16.4. The van der Waals surface area contributed by atoms with Gasteiger partial charge in [0.05, 0.1) is 0 Å². The van der Waals surface area contributed by atoms with Crippen molar-refractivity contribution >= 4 is 44.5 Å². The van der Waals surface area contributed by atoms with Gasteiger partial charge in [0, 0.05) is 0 Å². The summed E-state index contributed by atoms with van der Waals surface area (Å²) in [6.07, 6.45) is 7.72. The Morgan fingerprint density at radius 3 is 2.23 bits per heavy atom. The summed E-state index contributed by atoms with van der Waals surface area (Å²) in [6, 6.07) is 10.8. The second kappa shape index (κ2) is 4.27. The summed E-state index contributed by atoms with van der Waals surface area (Å²) >= 11 is -4.18. The summed E-state index contributed by atoms with van der Waals surface area (Å²) in [7, 11) is 0. The van der Waals surface area contributed by atoms with Crippen LogP contribution in [0.4, 0.5) is 0 Å². The van der Waals surface area contributed by atoms with Crippen LogP contribution in [0.2, 0.25) is 20.9 Å². The van der Waals surface area contributed by atoms with Crippen molar-refractivity contribution in [2.45, 2.75) is 27.3 Å². The predicted octanol–water partition coefficient (Wildman–Crippen LogP) is 5.87. The van der Waals surface area contributed by atoms with E-state index in [1.165, 1.54) is 18.8 Å². The number of H-pyrrole nitrogens is 1. The molecule has 0 saturated heterocycles. The van der Waals surface area contributed by atoms with E-state index < -0.39 is 12.3 Å². The topological polar surface area (TPSA) is 15.8 Å². The van der Waals surface area contributed by atoms with E-state index in [2.05, 4.69) is 74.5 Å². The maximum absolute atomic E-state index is 4.95. The molecule has 0 fully saturated rings. The van der Waals surface area contributed by atoms with Gasteiger partial charge in [-0.25, -0.2) is 0 Å². The number of halogens is 2. The fourth-order valence-electron chi connectivity index (χ4n) is 3.36. The molecule has 0 spiro atoms. The van der Waals surface area contributed by atoms with Gasteiger partial charge >= 0.3 is 117 Å². The van der Waals surface area contributed by atoms with Crippen molar-refractivity contribution in [2.24, 2.45) is 0 Å². The van der Waals surface area contributed by atoms with E-state index in [9.17, 15) is 0 Å². The number of nitrogens with one attached hydrogen (secondary N) is 1. The fraction of sp³-hybridized carbons (Fsp3) is 0.278. The van der Waals surface area contributed by atoms with Crippen LogP contribution in [-0.4, -0.2) is 9.80 Å². The van der Waals surface area contributed by atoms with Crippen LogP contribution >= 0.6 is 24.8 Å². The quantitative estimate of drug-likeness (QED) is 0.632. The Morgan fingerprint density at radius 2 is 1.68 bits per heavy atom. The second-order valence-corrected chi connectivity index (χ2v) is 33.9. The van der Waals surface area contributed by atoms with Gasteiger partial charge in [-0.2, -0.15) is 0 Å². The zero-order valence-corrected chi connectivity index (χ0v) is 17.0. The predicted molar refractivity (Wildman–Crippen MR) is 105 cm³/mol. The molecule has 3 rings (SSSR count). The average molecular weight is 376 g/mol. The molecule has 0 radical (unpaired) electrons. The first kappa shape index (κ1) is 19.5. The molecule has 0 amide bonds. The number of hydrogen-bond donors (Lipinski definition) is 1. The third-order valence-corrected chi connectivity index (χ3v) is 16.0. The number of fused-ring (bicyclic) bond motifs is 1. The van der Waals surface area contributed by atoms with Gasteiger partial charge in [-0.1, -0.05) is 0 Å². The first-order valence-electron chi connectivity index (χ1n) is 7.48. The Labute approximate surface area is 141 Å². The van der Waals surface area contributed by atoms with Crippen LogP contribution in [0.25, 0.3) is 10.9 Å². The van der Waals surface area contributed by atoms with Crippen LogP contribution in [0.1, 0.15) is 6.42 Å². The van der Waals surface area contributed by atoms with E-state index in [4.69, 9.17) is 4.82 Å². The Kier molecular flexibility index (Phi) is 3.78. The van der Waals surface area contributed by atoms with Gasteiger partial charge in [-0.3, -0.25) is 0 Å². The average Bonchev–Trinajstić information content (AvgIpc) is 2.98. The number of aromatic nitrogens is 1. The number of hydrogen-bond acceptors (Lipinski definition) is 0. The second-order valence-electron chi connectivity index (χ2n) is 10.5. The van der Waals surface area contributed by atoms with Crippen LogP contribution in [0.3, 0.4) is 0 Å². The van der Waals surface area contributed by atoms with E-state index in [-0.39, 0.29) is 24.8 Å². The van der Waals surface area contributed by atoms with Gasteiger partial charge in [0.25, 0.3) is 0 Å². The zero-order valence-electron chi connectivity index (χ0n) is 13.8. The number of para-hydroxylation sites is 1. The Bertz CT molecular complexity index is 868. The molecule has 0 aliphatic heterocycles. The van der Waals surface area contributed by atoms with Gasteiger partial charge < -0.3 is 0 Å². The van der Waals surface area contributed by atoms with Crippen molar-refractivity contribution in [2.75, 3.05) is 0 Å². The summed E-state index contributed by atoms with van der Waals surface area (Å²) in [6.45, 7) is 0. The van der Waals surface area contributed by atoms with Crippen molar-refractivity contribution in [1.82, 2.24) is 4.98 Å². The number of allylic oxidation sites excluding steroid dienone is 4. The van der Waals surface area contributed by atoms with Crippen LogP contribution in [-0.2, 0) is 12.3 Å². The van der Waals surface area contributed by atoms with Crippen molar-refractivity contribution in [1.29, 1.82) is 0 Å². The third kappa shape index (κ3) is 2.69. The Morgan fingerprint density at radius 1 is 1.05 bits per heavy atom. The molecule has 1 N–H and O–H groups in total. The number of benzene rings is 1. The third-order valence-electron chi connectivity index (χ3n) is 5.38. The van der Waals surface area contributed by atoms with Crippen LogP contribution < -0.4 is 4.00 Å². The molecular formula is C18H27Cl2NTi. The van der Waals surface area contributed by atoms with Crippen molar-refractivity contribution in [3.05, 3.63) is 52.4 Å². The normalized spacial score (nSPS) is 19.1. The molecule has 0 saturated carbocycles. The summed E-state index contributed by atoms with van der Waals surface area (Å²) in [4.78, 5) is 8.63. The zero-order chi connectivity index (χ0) is 14.8. The molecule has 0 atom stereocenters. The Hall–Kier alpha value is -0.596. The number of aromatic amines is 1. The number of rotatable bonds is 2. The van der Waals surface area contributed by atoms with Gasteiger partial charge in [0.15, 0.2) is 0 Å². The molecule has 1 aromatic carbocycles. The minimum atomic E-state index is -4.18. The molecule has 4 heteroatoms. The van der Waals surface area contributed by atoms with Gasteiger partial charge in [0.2, 0.25) is 0 Å². The fourth-order valence-corrected chi connectivity index (χ4v) is 9.89. The molecule has 1 aromatic heterocycles. The van der Waals surface area contributed by atoms with E-state index in [0.717, 1.165) is 6.42 Å². The standard InChI is InChI=1S/C8H6N.C5H5.4CH3.CH2.2ClH.Ti/c1-2-4-8-7(3-1)5-6-9-8;1-2-4-5-3-1;;;;;;;;/h1-5,9H;1-3H,4H2;4*1H3;1H2;2*1H;. The van der Waals surface area contributed by atoms with E-state index in [0.29, 0.717) is 0 Å². The Balaban J connectivity index is 0.00000121. The maximum atomic E-state index is 4.95. The van der Waals surface area contributed by atoms with E-state index >= 15 is 0 Å². The molecule has 122 valence electrons. The van der Waals surface area contributed by atoms with Crippen molar-refractivity contribution in [3.63, 3.8) is 0 Å².